The fourth-order valence-corrected chi connectivity index (χ4v) is 1.79. The molecule has 126 valence electrons. The first-order chi connectivity index (χ1) is 11.5. The normalized spacial score (nSPS) is 14.7. The lowest BCUT2D eigenvalue weighted by Crippen LogP contribution is -2.47. The molecule has 0 aromatic heterocycles. The Bertz CT molecular complexity index is 686. The average molecular weight is 332 g/mol. The summed E-state index contributed by atoms with van der Waals surface area (Å²) >= 11 is 0. The molecule has 0 fully saturated rings. The van der Waals surface area contributed by atoms with Gasteiger partial charge in [0.1, 0.15) is 5.71 Å². The second kappa shape index (κ2) is 7.86. The molecule has 1 aliphatic rings. The Balaban J connectivity index is 1.81. The van der Waals surface area contributed by atoms with Gasteiger partial charge in [0, 0.05) is 18.4 Å². The van der Waals surface area contributed by atoms with E-state index in [-0.39, 0.29) is 24.5 Å². The summed E-state index contributed by atoms with van der Waals surface area (Å²) in [6.07, 6.45) is -0.875. The maximum Gasteiger partial charge on any atom is 0.355 e. The van der Waals surface area contributed by atoms with E-state index in [0.29, 0.717) is 5.56 Å². The largest absolute Gasteiger partial charge is 0.448 e. The Morgan fingerprint density at radius 1 is 1.17 bits per heavy atom. The SMILES string of the molecule is C[C@@H](OC(=O)C1=NNC(=O)CC1)C(=O)NNC(=O)c1ccccc1. The van der Waals surface area contributed by atoms with Crippen molar-refractivity contribution in [1.29, 1.82) is 0 Å². The molecule has 1 atom stereocenters. The van der Waals surface area contributed by atoms with Crippen molar-refractivity contribution in [3.8, 4) is 0 Å². The Morgan fingerprint density at radius 2 is 1.88 bits per heavy atom. The molecule has 0 saturated heterocycles. The maximum absolute atomic E-state index is 11.8. The van der Waals surface area contributed by atoms with Crippen LogP contribution in [0.5, 0.6) is 0 Å². The lowest BCUT2D eigenvalue weighted by molar-refractivity contribution is -0.149. The predicted octanol–water partition coefficient (Wildman–Crippen LogP) is -0.355. The third-order valence-electron chi connectivity index (χ3n) is 3.13. The smallest absolute Gasteiger partial charge is 0.355 e. The minimum Gasteiger partial charge on any atom is -0.448 e. The maximum atomic E-state index is 11.8. The van der Waals surface area contributed by atoms with Gasteiger partial charge in [-0.05, 0) is 19.1 Å². The Kier molecular flexibility index (Phi) is 5.61. The first-order valence-corrected chi connectivity index (χ1v) is 7.19. The van der Waals surface area contributed by atoms with Crippen LogP contribution in [0.25, 0.3) is 0 Å². The van der Waals surface area contributed by atoms with Crippen molar-refractivity contribution in [1.82, 2.24) is 16.3 Å². The molecule has 2 rings (SSSR count). The van der Waals surface area contributed by atoms with Gasteiger partial charge in [-0.2, -0.15) is 5.10 Å². The van der Waals surface area contributed by atoms with Crippen LogP contribution in [-0.2, 0) is 19.1 Å². The Morgan fingerprint density at radius 3 is 2.50 bits per heavy atom. The fourth-order valence-electron chi connectivity index (χ4n) is 1.79. The van der Waals surface area contributed by atoms with Crippen LogP contribution in [-0.4, -0.2) is 35.5 Å². The highest BCUT2D eigenvalue weighted by Crippen LogP contribution is 2.03. The molecule has 0 aliphatic carbocycles. The number of nitrogens with zero attached hydrogens (tertiary/aromatic N) is 1. The van der Waals surface area contributed by atoms with Crippen molar-refractivity contribution in [3.05, 3.63) is 35.9 Å². The van der Waals surface area contributed by atoms with Crippen LogP contribution >= 0.6 is 0 Å². The van der Waals surface area contributed by atoms with Gasteiger partial charge >= 0.3 is 5.97 Å². The van der Waals surface area contributed by atoms with Crippen LogP contribution in [0.2, 0.25) is 0 Å². The number of rotatable bonds is 4. The molecule has 0 bridgehead atoms. The highest BCUT2D eigenvalue weighted by molar-refractivity contribution is 6.37. The van der Waals surface area contributed by atoms with Crippen LogP contribution in [0.15, 0.2) is 35.4 Å². The first-order valence-electron chi connectivity index (χ1n) is 7.19. The summed E-state index contributed by atoms with van der Waals surface area (Å²) in [5.74, 6) is -2.29. The summed E-state index contributed by atoms with van der Waals surface area (Å²) in [5, 5.41) is 3.58. The van der Waals surface area contributed by atoms with Crippen LogP contribution in [0.4, 0.5) is 0 Å². The molecule has 1 aromatic rings. The zero-order valence-corrected chi connectivity index (χ0v) is 12.9. The van der Waals surface area contributed by atoms with E-state index in [0.717, 1.165) is 0 Å². The summed E-state index contributed by atoms with van der Waals surface area (Å²) in [7, 11) is 0. The van der Waals surface area contributed by atoms with Gasteiger partial charge in [0.2, 0.25) is 5.91 Å². The molecule has 3 amide bonds. The number of carbonyl (C=O) groups is 4. The molecule has 1 aliphatic heterocycles. The van der Waals surface area contributed by atoms with Gasteiger partial charge in [0.15, 0.2) is 6.10 Å². The highest BCUT2D eigenvalue weighted by atomic mass is 16.5. The summed E-state index contributed by atoms with van der Waals surface area (Å²) in [6, 6.07) is 8.30. The van der Waals surface area contributed by atoms with Crippen molar-refractivity contribution in [2.45, 2.75) is 25.9 Å². The van der Waals surface area contributed by atoms with Gasteiger partial charge in [-0.3, -0.25) is 25.2 Å². The van der Waals surface area contributed by atoms with Crippen LogP contribution in [0.3, 0.4) is 0 Å². The number of amides is 3. The van der Waals surface area contributed by atoms with E-state index >= 15 is 0 Å². The second-order valence-electron chi connectivity index (χ2n) is 4.95. The molecule has 0 saturated carbocycles. The fraction of sp³-hybridized carbons (Fsp3) is 0.267. The predicted molar refractivity (Wildman–Crippen MR) is 82.4 cm³/mol. The molecular formula is C15H16N4O5. The van der Waals surface area contributed by atoms with E-state index in [1.54, 1.807) is 30.3 Å². The number of hydrazone groups is 1. The third kappa shape index (κ3) is 4.63. The standard InChI is InChI=1S/C15H16N4O5/c1-9(24-15(23)11-7-8-12(20)17-16-11)13(21)18-19-14(22)10-5-3-2-4-6-10/h2-6,9H,7-8H2,1H3,(H,17,20)(H,18,21)(H,19,22)/t9-/m1/s1. The molecule has 3 N–H and O–H groups in total. The Hall–Kier alpha value is -3.23. The molecular weight excluding hydrogens is 316 g/mol. The van der Waals surface area contributed by atoms with Crippen LogP contribution in [0.1, 0.15) is 30.1 Å². The van der Waals surface area contributed by atoms with E-state index in [2.05, 4.69) is 21.4 Å². The van der Waals surface area contributed by atoms with Gasteiger partial charge in [-0.1, -0.05) is 18.2 Å². The van der Waals surface area contributed by atoms with Crippen molar-refractivity contribution < 1.29 is 23.9 Å². The number of hydrogen-bond acceptors (Lipinski definition) is 6. The topological polar surface area (TPSA) is 126 Å². The molecule has 1 aromatic carbocycles. The minimum absolute atomic E-state index is 0.0302. The molecule has 24 heavy (non-hydrogen) atoms. The van der Waals surface area contributed by atoms with Gasteiger partial charge in [0.05, 0.1) is 0 Å². The number of ether oxygens (including phenoxy) is 1. The van der Waals surface area contributed by atoms with E-state index in [4.69, 9.17) is 4.74 Å². The van der Waals surface area contributed by atoms with Crippen molar-refractivity contribution in [2.75, 3.05) is 0 Å². The van der Waals surface area contributed by atoms with E-state index in [9.17, 15) is 19.2 Å². The lowest BCUT2D eigenvalue weighted by Gasteiger charge is -2.16. The number of benzene rings is 1. The van der Waals surface area contributed by atoms with Gasteiger partial charge in [-0.15, -0.1) is 0 Å². The lowest BCUT2D eigenvalue weighted by atomic mass is 10.2. The van der Waals surface area contributed by atoms with E-state index < -0.39 is 23.9 Å². The van der Waals surface area contributed by atoms with Crippen molar-refractivity contribution >= 4 is 29.4 Å². The quantitative estimate of drug-likeness (QED) is 0.513. The zero-order chi connectivity index (χ0) is 17.5. The van der Waals surface area contributed by atoms with E-state index in [1.165, 1.54) is 6.92 Å². The second-order valence-corrected chi connectivity index (χ2v) is 4.95. The highest BCUT2D eigenvalue weighted by Gasteiger charge is 2.24. The number of hydrazine groups is 1. The molecule has 1 heterocycles. The number of hydrogen-bond donors (Lipinski definition) is 3. The summed E-state index contributed by atoms with van der Waals surface area (Å²) in [5.41, 5.74) is 6.96. The summed E-state index contributed by atoms with van der Waals surface area (Å²) in [4.78, 5) is 46.4. The number of esters is 1. The van der Waals surface area contributed by atoms with Crippen LogP contribution < -0.4 is 16.3 Å². The van der Waals surface area contributed by atoms with Gasteiger partial charge < -0.3 is 4.74 Å². The number of carbonyl (C=O) groups excluding carboxylic acids is 4. The van der Waals surface area contributed by atoms with E-state index in [1.807, 2.05) is 0 Å². The van der Waals surface area contributed by atoms with Crippen LogP contribution in [0, 0.1) is 0 Å². The number of nitrogens with one attached hydrogen (secondary N) is 3. The average Bonchev–Trinajstić information content (AvgIpc) is 2.60. The molecule has 0 unspecified atom stereocenters. The third-order valence-corrected chi connectivity index (χ3v) is 3.13. The van der Waals surface area contributed by atoms with Gasteiger partial charge in [-0.25, -0.2) is 10.2 Å². The molecule has 9 heteroatoms. The van der Waals surface area contributed by atoms with Crippen molar-refractivity contribution in [3.63, 3.8) is 0 Å². The summed E-state index contributed by atoms with van der Waals surface area (Å²) in [6.45, 7) is 1.35. The summed E-state index contributed by atoms with van der Waals surface area (Å²) < 4.78 is 4.94. The molecule has 0 spiro atoms. The Labute approximate surface area is 137 Å². The molecule has 0 radical (unpaired) electrons. The first kappa shape index (κ1) is 17.1. The minimum atomic E-state index is -1.14. The van der Waals surface area contributed by atoms with Crippen molar-refractivity contribution in [2.24, 2.45) is 5.10 Å². The van der Waals surface area contributed by atoms with Gasteiger partial charge in [0.25, 0.3) is 11.8 Å². The zero-order valence-electron chi connectivity index (χ0n) is 12.9. The molecule has 9 nitrogen and oxygen atoms in total. The monoisotopic (exact) mass is 332 g/mol.